The summed E-state index contributed by atoms with van der Waals surface area (Å²) in [7, 11) is -4.61. The molecule has 116 valence electrons. The van der Waals surface area contributed by atoms with E-state index in [-0.39, 0.29) is 5.41 Å². The largest absolute Gasteiger partial charge is 0.470 e. The summed E-state index contributed by atoms with van der Waals surface area (Å²) < 4.78 is 15.1. The van der Waals surface area contributed by atoms with Crippen molar-refractivity contribution in [3.05, 3.63) is 0 Å². The van der Waals surface area contributed by atoms with E-state index in [2.05, 4.69) is 31.9 Å². The van der Waals surface area contributed by atoms with Gasteiger partial charge in [-0.15, -0.1) is 11.6 Å². The first-order valence-corrected chi connectivity index (χ1v) is 9.81. The highest BCUT2D eigenvalue weighted by Gasteiger charge is 2.51. The summed E-state index contributed by atoms with van der Waals surface area (Å²) in [4.78, 5) is 18.2. The van der Waals surface area contributed by atoms with Gasteiger partial charge in [-0.05, 0) is 25.2 Å². The SMILES string of the molecule is CCCC(C)(OP(=O)(O)O)C(Cl)(Br)CC(C)(C)CBr. The highest BCUT2D eigenvalue weighted by atomic mass is 79.9. The van der Waals surface area contributed by atoms with Crippen molar-refractivity contribution in [2.75, 3.05) is 5.33 Å². The van der Waals surface area contributed by atoms with Crippen molar-refractivity contribution < 1.29 is 18.9 Å². The molecule has 0 saturated carbocycles. The van der Waals surface area contributed by atoms with E-state index < -0.39 is 17.2 Å². The Bertz CT molecular complexity index is 346. The molecule has 0 aliphatic heterocycles. The monoisotopic (exact) mass is 442 g/mol. The van der Waals surface area contributed by atoms with Crippen LogP contribution in [0.4, 0.5) is 0 Å². The van der Waals surface area contributed by atoms with Gasteiger partial charge in [0.2, 0.25) is 0 Å². The lowest BCUT2D eigenvalue weighted by Crippen LogP contribution is -2.47. The quantitative estimate of drug-likeness (QED) is 0.417. The van der Waals surface area contributed by atoms with E-state index in [1.165, 1.54) is 0 Å². The van der Waals surface area contributed by atoms with Crippen molar-refractivity contribution in [1.29, 1.82) is 0 Å². The minimum atomic E-state index is -4.61. The standard InChI is InChI=1S/C11H22Br2ClO4P/c1-5-6-10(4,18-19(15,16)17)11(13,14)7-9(2,3)8-12/h5-8H2,1-4H3,(H2,15,16,17). The molecule has 8 heteroatoms. The van der Waals surface area contributed by atoms with Crippen LogP contribution in [0.2, 0.25) is 0 Å². The van der Waals surface area contributed by atoms with Crippen LogP contribution in [0.5, 0.6) is 0 Å². The average Bonchev–Trinajstić information content (AvgIpc) is 2.13. The Balaban J connectivity index is 5.30. The molecule has 0 heterocycles. The van der Waals surface area contributed by atoms with Crippen molar-refractivity contribution in [3.8, 4) is 0 Å². The van der Waals surface area contributed by atoms with Crippen LogP contribution in [-0.4, -0.2) is 24.5 Å². The lowest BCUT2D eigenvalue weighted by atomic mass is 9.83. The molecule has 2 unspecified atom stereocenters. The van der Waals surface area contributed by atoms with Crippen molar-refractivity contribution in [3.63, 3.8) is 0 Å². The number of hydrogen-bond donors (Lipinski definition) is 2. The van der Waals surface area contributed by atoms with Crippen LogP contribution in [0.1, 0.15) is 47.0 Å². The number of phosphoric ester groups is 1. The second-order valence-corrected chi connectivity index (χ2v) is 9.92. The van der Waals surface area contributed by atoms with Crippen LogP contribution in [0.25, 0.3) is 0 Å². The zero-order valence-corrected chi connectivity index (χ0v) is 16.4. The normalized spacial score (nSPS) is 19.8. The minimum Gasteiger partial charge on any atom is -0.303 e. The van der Waals surface area contributed by atoms with Crippen LogP contribution in [-0.2, 0) is 9.09 Å². The van der Waals surface area contributed by atoms with Gasteiger partial charge in [0.1, 0.15) is 9.38 Å². The van der Waals surface area contributed by atoms with E-state index in [1.54, 1.807) is 6.92 Å². The first-order chi connectivity index (χ1) is 8.29. The zero-order valence-electron chi connectivity index (χ0n) is 11.6. The Hall–Kier alpha value is 1.36. The number of alkyl halides is 3. The Labute approximate surface area is 137 Å². The average molecular weight is 445 g/mol. The predicted molar refractivity (Wildman–Crippen MR) is 86.1 cm³/mol. The molecule has 4 nitrogen and oxygen atoms in total. The number of phosphoric acid groups is 1. The molecule has 2 N–H and O–H groups in total. The summed E-state index contributed by atoms with van der Waals surface area (Å²) in [6.07, 6.45) is 1.62. The Morgan fingerprint density at radius 2 is 1.79 bits per heavy atom. The molecule has 0 aromatic heterocycles. The molecule has 19 heavy (non-hydrogen) atoms. The van der Waals surface area contributed by atoms with Crippen LogP contribution in [0.15, 0.2) is 0 Å². The minimum absolute atomic E-state index is 0.140. The lowest BCUT2D eigenvalue weighted by Gasteiger charge is -2.43. The smallest absolute Gasteiger partial charge is 0.303 e. The third-order valence-corrected chi connectivity index (χ3v) is 6.69. The van der Waals surface area contributed by atoms with E-state index in [9.17, 15) is 4.57 Å². The fraction of sp³-hybridized carbons (Fsp3) is 1.00. The maximum absolute atomic E-state index is 11.2. The molecule has 0 aromatic rings. The fourth-order valence-electron chi connectivity index (χ4n) is 1.87. The van der Waals surface area contributed by atoms with Crippen molar-refractivity contribution in [2.45, 2.75) is 56.3 Å². The van der Waals surface area contributed by atoms with Gasteiger partial charge >= 0.3 is 7.82 Å². The third-order valence-electron chi connectivity index (χ3n) is 2.88. The summed E-state index contributed by atoms with van der Waals surface area (Å²) in [6, 6.07) is 0. The molecule has 0 aliphatic carbocycles. The Morgan fingerprint density at radius 1 is 1.32 bits per heavy atom. The van der Waals surface area contributed by atoms with Gasteiger partial charge < -0.3 is 9.79 Å². The molecule has 0 fully saturated rings. The van der Waals surface area contributed by atoms with Gasteiger partial charge in [0.25, 0.3) is 0 Å². The van der Waals surface area contributed by atoms with Crippen LogP contribution in [0.3, 0.4) is 0 Å². The zero-order chi connectivity index (χ0) is 15.5. The molecule has 0 rings (SSSR count). The summed E-state index contributed by atoms with van der Waals surface area (Å²) in [5.74, 6) is 0. The van der Waals surface area contributed by atoms with Gasteiger partial charge in [-0.25, -0.2) is 4.57 Å². The summed E-state index contributed by atoms with van der Waals surface area (Å²) in [5, 5.41) is 0.720. The third kappa shape index (κ3) is 6.77. The number of halogens is 3. The summed E-state index contributed by atoms with van der Waals surface area (Å²) in [6.45, 7) is 7.58. The van der Waals surface area contributed by atoms with E-state index in [1.807, 2.05) is 20.8 Å². The molecule has 2 atom stereocenters. The van der Waals surface area contributed by atoms with Crippen molar-refractivity contribution >= 4 is 51.3 Å². The van der Waals surface area contributed by atoms with Gasteiger partial charge in [0.05, 0.1) is 0 Å². The van der Waals surface area contributed by atoms with E-state index in [4.69, 9.17) is 25.9 Å². The first kappa shape index (κ1) is 20.4. The Kier molecular flexibility index (Phi) is 7.59. The number of hydrogen-bond acceptors (Lipinski definition) is 2. The first-order valence-electron chi connectivity index (χ1n) is 5.99. The second-order valence-electron chi connectivity index (χ2n) is 5.74. The van der Waals surface area contributed by atoms with Gasteiger partial charge in [-0.1, -0.05) is 59.1 Å². The molecule has 0 aliphatic rings. The van der Waals surface area contributed by atoms with Crippen LogP contribution >= 0.6 is 51.3 Å². The van der Waals surface area contributed by atoms with Crippen molar-refractivity contribution in [1.82, 2.24) is 0 Å². The molecule has 0 bridgehead atoms. The van der Waals surface area contributed by atoms with Crippen molar-refractivity contribution in [2.24, 2.45) is 5.41 Å². The lowest BCUT2D eigenvalue weighted by molar-refractivity contribution is 0.0216. The molecule has 0 radical (unpaired) electrons. The van der Waals surface area contributed by atoms with Gasteiger partial charge in [-0.2, -0.15) is 0 Å². The fourth-order valence-corrected chi connectivity index (χ4v) is 4.55. The molecule has 0 saturated heterocycles. The maximum atomic E-state index is 11.2. The van der Waals surface area contributed by atoms with E-state index in [0.29, 0.717) is 19.3 Å². The molecular weight excluding hydrogens is 422 g/mol. The van der Waals surface area contributed by atoms with E-state index in [0.717, 1.165) is 5.33 Å². The highest BCUT2D eigenvalue weighted by molar-refractivity contribution is 9.10. The molecule has 0 aromatic carbocycles. The van der Waals surface area contributed by atoms with Gasteiger partial charge in [0.15, 0.2) is 0 Å². The molecule has 0 spiro atoms. The highest BCUT2D eigenvalue weighted by Crippen LogP contribution is 2.55. The summed E-state index contributed by atoms with van der Waals surface area (Å²) >= 11 is 13.3. The number of rotatable bonds is 8. The topological polar surface area (TPSA) is 66.8 Å². The second kappa shape index (κ2) is 7.08. The molecule has 0 amide bonds. The Morgan fingerprint density at radius 3 is 2.11 bits per heavy atom. The van der Waals surface area contributed by atoms with E-state index >= 15 is 0 Å². The summed E-state index contributed by atoms with van der Waals surface area (Å²) in [5.41, 5.74) is -1.31. The van der Waals surface area contributed by atoms with Crippen LogP contribution < -0.4 is 0 Å². The van der Waals surface area contributed by atoms with Gasteiger partial charge in [0, 0.05) is 5.33 Å². The van der Waals surface area contributed by atoms with Crippen LogP contribution in [0, 0.1) is 5.41 Å². The predicted octanol–water partition coefficient (Wildman–Crippen LogP) is 4.80. The molecular formula is C11H22Br2ClO4P. The maximum Gasteiger partial charge on any atom is 0.470 e. The van der Waals surface area contributed by atoms with Gasteiger partial charge in [-0.3, -0.25) is 4.52 Å².